The molecule has 0 bridgehead atoms. The Morgan fingerprint density at radius 3 is 1.46 bits per heavy atom. The molecule has 3 aromatic rings. The zero-order chi connectivity index (χ0) is 27.1. The predicted octanol–water partition coefficient (Wildman–Crippen LogP) is 8.98. The van der Waals surface area contributed by atoms with Gasteiger partial charge in [0.1, 0.15) is 0 Å². The monoisotopic (exact) mass is 503 g/mol. The van der Waals surface area contributed by atoms with Gasteiger partial charge in [0.25, 0.3) is 0 Å². The van der Waals surface area contributed by atoms with Crippen molar-refractivity contribution in [2.45, 2.75) is 66.7 Å². The Morgan fingerprint density at radius 2 is 1.11 bits per heavy atom. The van der Waals surface area contributed by atoms with E-state index < -0.39 is 0 Å². The number of benzene rings is 3. The second-order valence-electron chi connectivity index (χ2n) is 9.30. The van der Waals surface area contributed by atoms with Gasteiger partial charge in [-0.3, -0.25) is 4.79 Å². The lowest BCUT2D eigenvalue weighted by Crippen LogP contribution is -2.07. The number of carbonyl (C=O) groups is 2. The van der Waals surface area contributed by atoms with E-state index in [1.54, 1.807) is 12.1 Å². The van der Waals surface area contributed by atoms with Crippen molar-refractivity contribution < 1.29 is 14.3 Å². The molecule has 4 heteroatoms. The Kier molecular flexibility index (Phi) is 16.0. The summed E-state index contributed by atoms with van der Waals surface area (Å²) in [6, 6.07) is 25.8. The molecule has 4 nitrogen and oxygen atoms in total. The lowest BCUT2D eigenvalue weighted by atomic mass is 10.0. The highest BCUT2D eigenvalue weighted by Gasteiger charge is 2.05. The highest BCUT2D eigenvalue weighted by atomic mass is 16.5. The molecule has 0 aliphatic heterocycles. The predicted molar refractivity (Wildman–Crippen MR) is 158 cm³/mol. The lowest BCUT2D eigenvalue weighted by molar-refractivity contribution is -0.111. The van der Waals surface area contributed by atoms with Crippen molar-refractivity contribution in [2.24, 2.45) is 0 Å². The number of rotatable bonds is 6. The average Bonchev–Trinajstić information content (AvgIpc) is 2.89. The van der Waals surface area contributed by atoms with Gasteiger partial charge in [-0.25, -0.2) is 4.79 Å². The van der Waals surface area contributed by atoms with Gasteiger partial charge in [0.05, 0.1) is 12.7 Å². The number of hydrogen-bond donors (Lipinski definition) is 1. The topological polar surface area (TPSA) is 55.4 Å². The summed E-state index contributed by atoms with van der Waals surface area (Å²) in [5.74, 6) is 1.20. The zero-order valence-electron chi connectivity index (χ0n) is 22.7. The van der Waals surface area contributed by atoms with Crippen LogP contribution in [0.4, 0.5) is 5.69 Å². The Labute approximate surface area is 224 Å². The van der Waals surface area contributed by atoms with Gasteiger partial charge in [0.15, 0.2) is 0 Å². The van der Waals surface area contributed by atoms with Crippen molar-refractivity contribution in [3.63, 3.8) is 0 Å². The second-order valence-corrected chi connectivity index (χ2v) is 9.30. The van der Waals surface area contributed by atoms with Crippen LogP contribution in [0, 0.1) is 0 Å². The van der Waals surface area contributed by atoms with E-state index >= 15 is 0 Å². The number of hydrogen-bond acceptors (Lipinski definition) is 3. The van der Waals surface area contributed by atoms with Gasteiger partial charge in [-0.1, -0.05) is 110 Å². The first-order chi connectivity index (χ1) is 17.1. The third-order valence-corrected chi connectivity index (χ3v) is 5.49. The molecular formula is C33H45NO3. The molecule has 0 heterocycles. The maximum absolute atomic E-state index is 11.1. The number of anilines is 1. The minimum Gasteiger partial charge on any atom is -0.465 e. The fourth-order valence-corrected chi connectivity index (χ4v) is 3.10. The van der Waals surface area contributed by atoms with E-state index in [2.05, 4.69) is 82.4 Å². The molecule has 0 aromatic heterocycles. The van der Waals surface area contributed by atoms with Gasteiger partial charge in [0.2, 0.25) is 5.91 Å². The molecule has 37 heavy (non-hydrogen) atoms. The van der Waals surface area contributed by atoms with Gasteiger partial charge in [-0.05, 0) is 64.8 Å². The zero-order valence-corrected chi connectivity index (χ0v) is 22.7. The third kappa shape index (κ3) is 12.7. The minimum absolute atomic E-state index is 0. The van der Waals surface area contributed by atoms with E-state index in [0.717, 1.165) is 5.69 Å². The van der Waals surface area contributed by atoms with Crippen LogP contribution in [0.3, 0.4) is 0 Å². The largest absolute Gasteiger partial charge is 0.465 e. The van der Waals surface area contributed by atoms with Crippen LogP contribution < -0.4 is 5.32 Å². The summed E-state index contributed by atoms with van der Waals surface area (Å²) in [6.45, 7) is 16.3. The summed E-state index contributed by atoms with van der Waals surface area (Å²) in [7, 11) is 1.39. The van der Waals surface area contributed by atoms with Crippen LogP contribution in [0.25, 0.3) is 0 Å². The second kappa shape index (κ2) is 17.7. The summed E-state index contributed by atoms with van der Waals surface area (Å²) in [5.41, 5.74) is 5.32. The molecule has 3 rings (SSSR count). The maximum atomic E-state index is 11.1. The Hall–Kier alpha value is -3.66. The van der Waals surface area contributed by atoms with E-state index in [1.165, 1.54) is 29.9 Å². The molecule has 0 aliphatic carbocycles. The fourth-order valence-electron chi connectivity index (χ4n) is 3.10. The number of amides is 1. The molecule has 1 N–H and O–H groups in total. The van der Waals surface area contributed by atoms with Crippen molar-refractivity contribution in [3.05, 3.63) is 114 Å². The minimum atomic E-state index is -0.282. The van der Waals surface area contributed by atoms with Crippen molar-refractivity contribution in [3.8, 4) is 0 Å². The molecule has 0 spiro atoms. The Morgan fingerprint density at radius 1 is 0.703 bits per heavy atom. The van der Waals surface area contributed by atoms with Crippen LogP contribution in [0.2, 0.25) is 0 Å². The Bertz CT molecular complexity index is 1050. The first-order valence-electron chi connectivity index (χ1n) is 12.4. The molecule has 200 valence electrons. The normalized spacial score (nSPS) is 9.78. The van der Waals surface area contributed by atoms with Crippen molar-refractivity contribution in [1.82, 2.24) is 0 Å². The van der Waals surface area contributed by atoms with Crippen molar-refractivity contribution in [1.29, 1.82) is 0 Å². The van der Waals surface area contributed by atoms with Crippen LogP contribution in [-0.4, -0.2) is 19.0 Å². The van der Waals surface area contributed by atoms with Gasteiger partial charge in [-0.15, -0.1) is 0 Å². The highest BCUT2D eigenvalue weighted by molar-refractivity contribution is 5.98. The average molecular weight is 504 g/mol. The SMILES string of the molecule is C.C=CC(=O)Nc1ccc(C(C)C)cc1.CC(C)c1ccccc1.COC(=O)c1ccc(C(C)C)cc1. The quantitative estimate of drug-likeness (QED) is 0.270. The van der Waals surface area contributed by atoms with Gasteiger partial charge < -0.3 is 10.1 Å². The molecule has 0 saturated carbocycles. The smallest absolute Gasteiger partial charge is 0.337 e. The molecule has 0 unspecified atom stereocenters. The molecule has 0 aliphatic rings. The van der Waals surface area contributed by atoms with E-state index in [-0.39, 0.29) is 19.3 Å². The van der Waals surface area contributed by atoms with Crippen molar-refractivity contribution >= 4 is 17.6 Å². The summed E-state index contributed by atoms with van der Waals surface area (Å²) in [4.78, 5) is 22.0. The van der Waals surface area contributed by atoms with Gasteiger partial charge >= 0.3 is 5.97 Å². The number of methoxy groups -OCH3 is 1. The van der Waals surface area contributed by atoms with E-state index in [0.29, 0.717) is 23.3 Å². The number of carbonyl (C=O) groups excluding carboxylic acids is 2. The molecule has 0 saturated heterocycles. The van der Waals surface area contributed by atoms with Crippen LogP contribution in [0.1, 0.15) is 93.8 Å². The summed E-state index contributed by atoms with van der Waals surface area (Å²) in [5, 5.41) is 2.70. The lowest BCUT2D eigenvalue weighted by Gasteiger charge is -2.06. The first-order valence-corrected chi connectivity index (χ1v) is 12.4. The fraction of sp³-hybridized carbons (Fsp3) is 0.333. The van der Waals surface area contributed by atoms with Gasteiger partial charge in [0, 0.05) is 5.69 Å². The molecule has 1 amide bonds. The first kappa shape index (κ1) is 33.3. The number of esters is 1. The standard InChI is InChI=1S/C12H15NO.C11H14O2.C9H12.CH4/c1-4-12(14)13-11-7-5-10(6-8-11)9(2)3;1-8(2)9-4-6-10(7-5-9)11(12)13-3;1-8(2)9-6-4-3-5-7-9;/h4-9H,1H2,2-3H3,(H,13,14);4-8H,1-3H3;3-8H,1-2H3;1H4. The molecule has 3 aromatic carbocycles. The Balaban J connectivity index is 0.000000530. The van der Waals surface area contributed by atoms with E-state index in [4.69, 9.17) is 0 Å². The van der Waals surface area contributed by atoms with E-state index in [9.17, 15) is 9.59 Å². The van der Waals surface area contributed by atoms with Gasteiger partial charge in [-0.2, -0.15) is 0 Å². The van der Waals surface area contributed by atoms with Crippen LogP contribution in [0.5, 0.6) is 0 Å². The highest BCUT2D eigenvalue weighted by Crippen LogP contribution is 2.17. The van der Waals surface area contributed by atoms with Crippen molar-refractivity contribution in [2.75, 3.05) is 12.4 Å². The third-order valence-electron chi connectivity index (χ3n) is 5.49. The molecular weight excluding hydrogens is 458 g/mol. The summed E-state index contributed by atoms with van der Waals surface area (Å²) >= 11 is 0. The van der Waals surface area contributed by atoms with Crippen LogP contribution >= 0.6 is 0 Å². The van der Waals surface area contributed by atoms with E-state index in [1.807, 2.05) is 42.5 Å². The molecule has 0 fully saturated rings. The molecule has 0 radical (unpaired) electrons. The number of nitrogens with one attached hydrogen (secondary N) is 1. The summed E-state index contributed by atoms with van der Waals surface area (Å²) in [6.07, 6.45) is 1.26. The van der Waals surface area contributed by atoms with Crippen LogP contribution in [0.15, 0.2) is 91.5 Å². The molecule has 0 atom stereocenters. The summed E-state index contributed by atoms with van der Waals surface area (Å²) < 4.78 is 4.60. The van der Waals surface area contributed by atoms with Crippen LogP contribution in [-0.2, 0) is 9.53 Å². The number of ether oxygens (including phenoxy) is 1. The maximum Gasteiger partial charge on any atom is 0.337 e.